The molecular weight excluding hydrogens is 260 g/mol. The van der Waals surface area contributed by atoms with Gasteiger partial charge in [0.25, 0.3) is 0 Å². The molecule has 2 rings (SSSR count). The monoisotopic (exact) mass is 284 g/mol. The average molecular weight is 285 g/mol. The summed E-state index contributed by atoms with van der Waals surface area (Å²) in [6.07, 6.45) is 5.13. The first-order chi connectivity index (χ1) is 9.04. The Balaban J connectivity index is 2.09. The first-order valence-corrected chi connectivity index (χ1v) is 7.50. The second-order valence-corrected chi connectivity index (χ2v) is 6.10. The van der Waals surface area contributed by atoms with Crippen LogP contribution in [0.1, 0.15) is 36.9 Å². The zero-order chi connectivity index (χ0) is 14.0. The standard InChI is InChI=1S/C14H25ClN4/c1-10-12(14(15)19(3)17-10)9-18(2)13-7-5-4-6-11(13)8-16/h11,13H,4-9,16H2,1-3H3. The third-order valence-electron chi connectivity index (χ3n) is 4.42. The van der Waals surface area contributed by atoms with Crippen LogP contribution in [0, 0.1) is 12.8 Å². The van der Waals surface area contributed by atoms with E-state index >= 15 is 0 Å². The number of hydrogen-bond acceptors (Lipinski definition) is 3. The highest BCUT2D eigenvalue weighted by Gasteiger charge is 2.28. The summed E-state index contributed by atoms with van der Waals surface area (Å²) in [4.78, 5) is 2.41. The van der Waals surface area contributed by atoms with Crippen LogP contribution in [0.3, 0.4) is 0 Å². The SMILES string of the molecule is Cc1nn(C)c(Cl)c1CN(C)C1CCCCC1CN. The van der Waals surface area contributed by atoms with Crippen LogP contribution in [0.2, 0.25) is 5.15 Å². The molecule has 0 amide bonds. The maximum atomic E-state index is 6.32. The molecule has 0 aliphatic heterocycles. The lowest BCUT2D eigenvalue weighted by atomic mass is 9.83. The van der Waals surface area contributed by atoms with Crippen LogP contribution in [0.25, 0.3) is 0 Å². The highest BCUT2D eigenvalue weighted by atomic mass is 35.5. The molecule has 1 aliphatic rings. The topological polar surface area (TPSA) is 47.1 Å². The van der Waals surface area contributed by atoms with Gasteiger partial charge < -0.3 is 5.73 Å². The molecule has 4 nitrogen and oxygen atoms in total. The van der Waals surface area contributed by atoms with Gasteiger partial charge in [-0.3, -0.25) is 9.58 Å². The lowest BCUT2D eigenvalue weighted by Gasteiger charge is -2.37. The van der Waals surface area contributed by atoms with Gasteiger partial charge in [0.05, 0.1) is 5.69 Å². The number of halogens is 1. The summed E-state index contributed by atoms with van der Waals surface area (Å²) >= 11 is 6.32. The van der Waals surface area contributed by atoms with Gasteiger partial charge >= 0.3 is 0 Å². The van der Waals surface area contributed by atoms with E-state index in [1.54, 1.807) is 4.68 Å². The van der Waals surface area contributed by atoms with Crippen LogP contribution < -0.4 is 5.73 Å². The van der Waals surface area contributed by atoms with Crippen LogP contribution >= 0.6 is 11.6 Å². The summed E-state index contributed by atoms with van der Waals surface area (Å²) in [5.74, 6) is 0.620. The molecule has 2 unspecified atom stereocenters. The molecule has 2 N–H and O–H groups in total. The Bertz CT molecular complexity index is 429. The first kappa shape index (κ1) is 14.8. The van der Waals surface area contributed by atoms with Crippen LogP contribution in [0.5, 0.6) is 0 Å². The van der Waals surface area contributed by atoms with E-state index in [0.29, 0.717) is 12.0 Å². The van der Waals surface area contributed by atoms with Gasteiger partial charge in [-0.1, -0.05) is 24.4 Å². The molecular formula is C14H25ClN4. The van der Waals surface area contributed by atoms with Crippen molar-refractivity contribution in [1.82, 2.24) is 14.7 Å². The molecule has 1 saturated carbocycles. The van der Waals surface area contributed by atoms with Gasteiger partial charge in [0, 0.05) is 25.2 Å². The van der Waals surface area contributed by atoms with Crippen molar-refractivity contribution < 1.29 is 0 Å². The molecule has 5 heteroatoms. The number of rotatable bonds is 4. The summed E-state index contributed by atoms with van der Waals surface area (Å²) < 4.78 is 1.75. The van der Waals surface area contributed by atoms with Gasteiger partial charge in [-0.05, 0) is 39.3 Å². The second-order valence-electron chi connectivity index (χ2n) is 5.74. The van der Waals surface area contributed by atoms with Crippen molar-refractivity contribution >= 4 is 11.6 Å². The Hall–Kier alpha value is -0.580. The van der Waals surface area contributed by atoms with E-state index in [9.17, 15) is 0 Å². The maximum absolute atomic E-state index is 6.32. The second kappa shape index (κ2) is 6.25. The molecule has 0 aromatic carbocycles. The smallest absolute Gasteiger partial charge is 0.131 e. The predicted octanol–water partition coefficient (Wildman–Crippen LogP) is 2.33. The van der Waals surface area contributed by atoms with E-state index in [-0.39, 0.29) is 0 Å². The fourth-order valence-corrected chi connectivity index (χ4v) is 3.50. The fraction of sp³-hybridized carbons (Fsp3) is 0.786. The third kappa shape index (κ3) is 3.12. The van der Waals surface area contributed by atoms with Gasteiger partial charge in [-0.25, -0.2) is 0 Å². The summed E-state index contributed by atoms with van der Waals surface area (Å²) in [7, 11) is 4.07. The van der Waals surface area contributed by atoms with E-state index in [1.165, 1.54) is 25.7 Å². The van der Waals surface area contributed by atoms with E-state index in [1.807, 2.05) is 14.0 Å². The van der Waals surface area contributed by atoms with Crippen molar-refractivity contribution in [3.63, 3.8) is 0 Å². The molecule has 0 spiro atoms. The van der Waals surface area contributed by atoms with Crippen LogP contribution in [0.4, 0.5) is 0 Å². The molecule has 19 heavy (non-hydrogen) atoms. The third-order valence-corrected chi connectivity index (χ3v) is 4.89. The molecule has 0 radical (unpaired) electrons. The van der Waals surface area contributed by atoms with Crippen molar-refractivity contribution in [3.05, 3.63) is 16.4 Å². The first-order valence-electron chi connectivity index (χ1n) is 7.12. The Kier molecular flexibility index (Phi) is 4.87. The lowest BCUT2D eigenvalue weighted by molar-refractivity contribution is 0.127. The number of nitrogens with zero attached hydrogens (tertiary/aromatic N) is 3. The molecule has 0 saturated heterocycles. The summed E-state index contributed by atoms with van der Waals surface area (Å²) in [5, 5.41) is 5.14. The number of hydrogen-bond donors (Lipinski definition) is 1. The minimum Gasteiger partial charge on any atom is -0.330 e. The van der Waals surface area contributed by atoms with Crippen molar-refractivity contribution in [2.45, 2.75) is 45.2 Å². The van der Waals surface area contributed by atoms with Crippen LogP contribution in [-0.4, -0.2) is 34.3 Å². The molecule has 1 fully saturated rings. The van der Waals surface area contributed by atoms with Crippen molar-refractivity contribution in [2.75, 3.05) is 13.6 Å². The summed E-state index contributed by atoms with van der Waals surface area (Å²) in [5.41, 5.74) is 8.09. The molecule has 1 aromatic heterocycles. The average Bonchev–Trinajstić information content (AvgIpc) is 2.65. The fourth-order valence-electron chi connectivity index (χ4n) is 3.26. The van der Waals surface area contributed by atoms with Gasteiger partial charge in [-0.2, -0.15) is 5.10 Å². The number of aryl methyl sites for hydroxylation is 2. The Morgan fingerprint density at radius 2 is 2.11 bits per heavy atom. The molecule has 1 heterocycles. The molecule has 2 atom stereocenters. The van der Waals surface area contributed by atoms with E-state index in [4.69, 9.17) is 17.3 Å². The Labute approximate surface area is 120 Å². The van der Waals surface area contributed by atoms with E-state index in [0.717, 1.165) is 29.5 Å². The van der Waals surface area contributed by atoms with Crippen molar-refractivity contribution in [2.24, 2.45) is 18.7 Å². The summed E-state index contributed by atoms with van der Waals surface area (Å²) in [6, 6.07) is 0.578. The lowest BCUT2D eigenvalue weighted by Crippen LogP contribution is -2.42. The number of nitrogens with two attached hydrogens (primary N) is 1. The normalized spacial score (nSPS) is 24.1. The van der Waals surface area contributed by atoms with Crippen molar-refractivity contribution in [3.8, 4) is 0 Å². The zero-order valence-corrected chi connectivity index (χ0v) is 13.0. The molecule has 1 aliphatic carbocycles. The molecule has 0 bridgehead atoms. The summed E-state index contributed by atoms with van der Waals surface area (Å²) in [6.45, 7) is 3.67. The predicted molar refractivity (Wildman–Crippen MR) is 79.2 cm³/mol. The number of aromatic nitrogens is 2. The minimum absolute atomic E-state index is 0.578. The Morgan fingerprint density at radius 1 is 1.42 bits per heavy atom. The van der Waals surface area contributed by atoms with Crippen LogP contribution in [-0.2, 0) is 13.6 Å². The molecule has 108 valence electrons. The van der Waals surface area contributed by atoms with Gasteiger partial charge in [0.15, 0.2) is 0 Å². The van der Waals surface area contributed by atoms with E-state index in [2.05, 4.69) is 17.0 Å². The van der Waals surface area contributed by atoms with Crippen molar-refractivity contribution in [1.29, 1.82) is 0 Å². The molecule has 1 aromatic rings. The highest BCUT2D eigenvalue weighted by molar-refractivity contribution is 6.30. The zero-order valence-electron chi connectivity index (χ0n) is 12.2. The maximum Gasteiger partial charge on any atom is 0.131 e. The van der Waals surface area contributed by atoms with E-state index < -0.39 is 0 Å². The van der Waals surface area contributed by atoms with Gasteiger partial charge in [0.2, 0.25) is 0 Å². The van der Waals surface area contributed by atoms with Gasteiger partial charge in [0.1, 0.15) is 5.15 Å². The quantitative estimate of drug-likeness (QED) is 0.923. The van der Waals surface area contributed by atoms with Crippen LogP contribution in [0.15, 0.2) is 0 Å². The largest absolute Gasteiger partial charge is 0.330 e. The Morgan fingerprint density at radius 3 is 2.68 bits per heavy atom. The highest BCUT2D eigenvalue weighted by Crippen LogP contribution is 2.29. The van der Waals surface area contributed by atoms with Gasteiger partial charge in [-0.15, -0.1) is 0 Å². The minimum atomic E-state index is 0.578.